The lowest BCUT2D eigenvalue weighted by Crippen LogP contribution is -2.26. The Balaban J connectivity index is 1.59. The first-order chi connectivity index (χ1) is 15.8. The molecule has 0 fully saturated rings. The number of aromatic nitrogens is 1. The van der Waals surface area contributed by atoms with Crippen molar-refractivity contribution in [3.8, 4) is 0 Å². The molecular formula is C25H25N3O3S2. The van der Waals surface area contributed by atoms with Gasteiger partial charge in [-0.3, -0.25) is 4.79 Å². The van der Waals surface area contributed by atoms with Crippen LogP contribution < -0.4 is 4.80 Å². The van der Waals surface area contributed by atoms with Crippen molar-refractivity contribution < 1.29 is 13.2 Å². The van der Waals surface area contributed by atoms with E-state index >= 15 is 0 Å². The fraction of sp³-hybridized carbons (Fsp3) is 0.200. The molecule has 1 heterocycles. The van der Waals surface area contributed by atoms with E-state index in [1.807, 2.05) is 54.1 Å². The van der Waals surface area contributed by atoms with Crippen LogP contribution in [0.25, 0.3) is 10.2 Å². The molecule has 0 unspecified atom stereocenters. The lowest BCUT2D eigenvalue weighted by molar-refractivity contribution is 0.0998. The average Bonchev–Trinajstić information content (AvgIpc) is 3.15. The van der Waals surface area contributed by atoms with Gasteiger partial charge < -0.3 is 4.57 Å². The van der Waals surface area contributed by atoms with E-state index in [2.05, 4.69) is 18.0 Å². The smallest absolute Gasteiger partial charge is 0.279 e. The Morgan fingerprint density at radius 1 is 1.00 bits per heavy atom. The molecule has 3 aromatic carbocycles. The number of sulfonamides is 1. The molecule has 33 heavy (non-hydrogen) atoms. The highest BCUT2D eigenvalue weighted by molar-refractivity contribution is 7.89. The van der Waals surface area contributed by atoms with Gasteiger partial charge in [-0.15, -0.1) is 0 Å². The molecule has 170 valence electrons. The summed E-state index contributed by atoms with van der Waals surface area (Å²) in [5.74, 6) is -0.406. The highest BCUT2D eigenvalue weighted by Gasteiger charge is 2.21. The molecule has 4 aromatic rings. The Morgan fingerprint density at radius 2 is 1.70 bits per heavy atom. The summed E-state index contributed by atoms with van der Waals surface area (Å²) < 4.78 is 30.2. The van der Waals surface area contributed by atoms with Gasteiger partial charge in [0.15, 0.2) is 4.80 Å². The molecule has 6 nitrogen and oxygen atoms in total. The van der Waals surface area contributed by atoms with E-state index in [4.69, 9.17) is 0 Å². The van der Waals surface area contributed by atoms with Crippen molar-refractivity contribution in [1.29, 1.82) is 0 Å². The average molecular weight is 480 g/mol. The van der Waals surface area contributed by atoms with Gasteiger partial charge in [0.1, 0.15) is 0 Å². The molecule has 8 heteroatoms. The number of amides is 1. The highest BCUT2D eigenvalue weighted by atomic mass is 32.2. The third-order valence-corrected chi connectivity index (χ3v) is 8.46. The van der Waals surface area contributed by atoms with Crippen molar-refractivity contribution in [2.24, 2.45) is 12.0 Å². The van der Waals surface area contributed by atoms with Crippen LogP contribution in [0.5, 0.6) is 0 Å². The van der Waals surface area contributed by atoms with Crippen molar-refractivity contribution >= 4 is 37.5 Å². The molecule has 0 saturated carbocycles. The number of thiazole rings is 1. The molecule has 0 aliphatic carbocycles. The van der Waals surface area contributed by atoms with E-state index in [1.54, 1.807) is 7.05 Å². The molecule has 1 amide bonds. The molecule has 0 atom stereocenters. The SMILES string of the molecule is CCc1cccc2sc(=NC(=O)c3ccc(S(=O)(=O)N(C)Cc4ccccc4)cc3)n(C)c12. The second-order valence-corrected chi connectivity index (χ2v) is 10.8. The van der Waals surface area contributed by atoms with Crippen LogP contribution in [0.3, 0.4) is 0 Å². The number of rotatable bonds is 6. The van der Waals surface area contributed by atoms with Gasteiger partial charge in [-0.25, -0.2) is 8.42 Å². The summed E-state index contributed by atoms with van der Waals surface area (Å²) in [6.07, 6.45) is 0.893. The highest BCUT2D eigenvalue weighted by Crippen LogP contribution is 2.22. The quantitative estimate of drug-likeness (QED) is 0.412. The summed E-state index contributed by atoms with van der Waals surface area (Å²) in [6.45, 7) is 2.36. The number of benzene rings is 3. The van der Waals surface area contributed by atoms with Crippen molar-refractivity contribution in [3.05, 3.63) is 94.3 Å². The summed E-state index contributed by atoms with van der Waals surface area (Å²) in [5.41, 5.74) is 3.53. The van der Waals surface area contributed by atoms with Gasteiger partial charge in [-0.05, 0) is 47.9 Å². The van der Waals surface area contributed by atoms with Crippen LogP contribution in [0.15, 0.2) is 82.7 Å². The lowest BCUT2D eigenvalue weighted by Gasteiger charge is -2.17. The molecule has 0 saturated heterocycles. The largest absolute Gasteiger partial charge is 0.319 e. The second kappa shape index (κ2) is 9.43. The maximum Gasteiger partial charge on any atom is 0.279 e. The van der Waals surface area contributed by atoms with Gasteiger partial charge in [-0.2, -0.15) is 9.30 Å². The number of hydrogen-bond acceptors (Lipinski definition) is 4. The number of carbonyl (C=O) groups is 1. The van der Waals surface area contributed by atoms with E-state index in [0.29, 0.717) is 10.4 Å². The summed E-state index contributed by atoms with van der Waals surface area (Å²) in [4.78, 5) is 17.9. The number of aryl methyl sites for hydroxylation is 2. The van der Waals surface area contributed by atoms with Crippen LogP contribution in [-0.4, -0.2) is 30.2 Å². The van der Waals surface area contributed by atoms with Crippen LogP contribution in [0.1, 0.15) is 28.4 Å². The Bertz CT molecular complexity index is 1470. The zero-order valence-corrected chi connectivity index (χ0v) is 20.4. The van der Waals surface area contributed by atoms with Gasteiger partial charge in [-0.1, -0.05) is 60.7 Å². The minimum Gasteiger partial charge on any atom is -0.319 e. The summed E-state index contributed by atoms with van der Waals surface area (Å²) >= 11 is 1.46. The molecule has 0 aliphatic heterocycles. The fourth-order valence-electron chi connectivity index (χ4n) is 3.70. The maximum atomic E-state index is 12.9. The molecule has 0 aliphatic rings. The van der Waals surface area contributed by atoms with E-state index in [0.717, 1.165) is 22.2 Å². The zero-order valence-electron chi connectivity index (χ0n) is 18.7. The molecule has 0 spiro atoms. The van der Waals surface area contributed by atoms with Crippen molar-refractivity contribution in [2.45, 2.75) is 24.8 Å². The van der Waals surface area contributed by atoms with E-state index in [9.17, 15) is 13.2 Å². The third kappa shape index (κ3) is 4.68. The monoisotopic (exact) mass is 479 g/mol. The van der Waals surface area contributed by atoms with Gasteiger partial charge in [0, 0.05) is 26.2 Å². The summed E-state index contributed by atoms with van der Waals surface area (Å²) in [7, 11) is -0.231. The predicted octanol–water partition coefficient (Wildman–Crippen LogP) is 4.36. The first-order valence-electron chi connectivity index (χ1n) is 10.6. The second-order valence-electron chi connectivity index (χ2n) is 7.75. The van der Waals surface area contributed by atoms with E-state index in [-0.39, 0.29) is 11.4 Å². The normalized spacial score (nSPS) is 12.5. The number of carbonyl (C=O) groups excluding carboxylic acids is 1. The first kappa shape index (κ1) is 23.1. The van der Waals surface area contributed by atoms with Crippen molar-refractivity contribution in [2.75, 3.05) is 7.05 Å². The Kier molecular flexibility index (Phi) is 6.60. The number of hydrogen-bond donors (Lipinski definition) is 0. The lowest BCUT2D eigenvalue weighted by atomic mass is 10.1. The van der Waals surface area contributed by atoms with Crippen LogP contribution in [0, 0.1) is 0 Å². The number of para-hydroxylation sites is 1. The van der Waals surface area contributed by atoms with Crippen LogP contribution >= 0.6 is 11.3 Å². The number of fused-ring (bicyclic) bond motifs is 1. The molecule has 0 radical (unpaired) electrons. The van der Waals surface area contributed by atoms with E-state index < -0.39 is 15.9 Å². The first-order valence-corrected chi connectivity index (χ1v) is 12.8. The standard InChI is InChI=1S/C25H25N3O3S2/c1-4-19-11-8-12-22-23(19)28(3)25(32-22)26-24(29)20-13-15-21(16-14-20)33(30,31)27(2)17-18-9-6-5-7-10-18/h5-16H,4,17H2,1-3H3. The molecule has 1 aromatic heterocycles. The van der Waals surface area contributed by atoms with Crippen molar-refractivity contribution in [3.63, 3.8) is 0 Å². The van der Waals surface area contributed by atoms with Crippen LogP contribution in [-0.2, 0) is 30.0 Å². The van der Waals surface area contributed by atoms with Crippen LogP contribution in [0.2, 0.25) is 0 Å². The molecule has 0 bridgehead atoms. The summed E-state index contributed by atoms with van der Waals surface area (Å²) in [5, 5.41) is 0. The predicted molar refractivity (Wildman–Crippen MR) is 132 cm³/mol. The van der Waals surface area contributed by atoms with Gasteiger partial charge in [0.25, 0.3) is 5.91 Å². The number of nitrogens with zero attached hydrogens (tertiary/aromatic N) is 3. The minimum absolute atomic E-state index is 0.137. The minimum atomic E-state index is -3.68. The van der Waals surface area contributed by atoms with Gasteiger partial charge in [0.2, 0.25) is 10.0 Å². The Labute approximate surface area is 197 Å². The molecular weight excluding hydrogens is 454 g/mol. The van der Waals surface area contributed by atoms with Crippen molar-refractivity contribution in [1.82, 2.24) is 8.87 Å². The molecule has 4 rings (SSSR count). The van der Waals surface area contributed by atoms with Crippen LogP contribution in [0.4, 0.5) is 0 Å². The summed E-state index contributed by atoms with van der Waals surface area (Å²) in [6, 6.07) is 21.5. The maximum absolute atomic E-state index is 12.9. The topological polar surface area (TPSA) is 71.7 Å². The third-order valence-electron chi connectivity index (χ3n) is 5.54. The van der Waals surface area contributed by atoms with Gasteiger partial charge in [0.05, 0.1) is 15.1 Å². The zero-order chi connectivity index (χ0) is 23.6. The van der Waals surface area contributed by atoms with E-state index in [1.165, 1.54) is 45.5 Å². The fourth-order valence-corrected chi connectivity index (χ4v) is 5.93. The Morgan fingerprint density at radius 3 is 2.36 bits per heavy atom. The Hall–Kier alpha value is -3.07. The molecule has 0 N–H and O–H groups in total. The van der Waals surface area contributed by atoms with Gasteiger partial charge >= 0.3 is 0 Å².